The van der Waals surface area contributed by atoms with Crippen LogP contribution in [-0.2, 0) is 14.3 Å². The topological polar surface area (TPSA) is 164 Å². The molecule has 1 fully saturated rings. The zero-order valence-corrected chi connectivity index (χ0v) is 27.7. The highest BCUT2D eigenvalue weighted by Crippen LogP contribution is 2.59. The predicted octanol–water partition coefficient (Wildman–Crippen LogP) is 3.65. The first-order valence-corrected chi connectivity index (χ1v) is 17.0. The van der Waals surface area contributed by atoms with Crippen molar-refractivity contribution < 1.29 is 34.1 Å². The second-order valence-corrected chi connectivity index (χ2v) is 13.1. The van der Waals surface area contributed by atoms with E-state index in [1.807, 2.05) is 26.0 Å². The Kier molecular flexibility index (Phi) is 10.9. The van der Waals surface area contributed by atoms with Gasteiger partial charge in [0.25, 0.3) is 5.60 Å². The van der Waals surface area contributed by atoms with Crippen LogP contribution in [0.1, 0.15) is 86.4 Å². The van der Waals surface area contributed by atoms with Crippen molar-refractivity contribution in [3.05, 3.63) is 82.2 Å². The highest BCUT2D eigenvalue weighted by Gasteiger charge is 2.85. The average molecular weight is 648 g/mol. The van der Waals surface area contributed by atoms with E-state index in [-0.39, 0.29) is 42.7 Å². The quantitative estimate of drug-likeness (QED) is 0.0822. The first-order valence-electron chi connectivity index (χ1n) is 17.0. The smallest absolute Gasteiger partial charge is 0.350 e. The third-order valence-corrected chi connectivity index (χ3v) is 10.3. The maximum Gasteiger partial charge on any atom is 0.350 e. The van der Waals surface area contributed by atoms with Crippen molar-refractivity contribution in [2.75, 3.05) is 26.3 Å². The summed E-state index contributed by atoms with van der Waals surface area (Å²) in [5, 5.41) is 26.8. The number of allylic oxidation sites excluding steroid dienone is 4. The van der Waals surface area contributed by atoms with Gasteiger partial charge < -0.3 is 36.1 Å². The summed E-state index contributed by atoms with van der Waals surface area (Å²) >= 11 is 0. The number of ketones is 2. The van der Waals surface area contributed by atoms with Crippen LogP contribution in [0.5, 0.6) is 0 Å². The summed E-state index contributed by atoms with van der Waals surface area (Å²) in [6.45, 7) is 6.94. The van der Waals surface area contributed by atoms with Gasteiger partial charge in [-0.3, -0.25) is 9.59 Å². The Labute approximate surface area is 277 Å². The third-order valence-electron chi connectivity index (χ3n) is 10.3. The Bertz CT molecular complexity index is 1500. The minimum Gasteiger partial charge on any atom is -0.459 e. The van der Waals surface area contributed by atoms with E-state index in [1.54, 1.807) is 24.3 Å². The van der Waals surface area contributed by atoms with Crippen LogP contribution in [0.2, 0.25) is 0 Å². The number of epoxide rings is 1. The Morgan fingerprint density at radius 2 is 1.91 bits per heavy atom. The number of aliphatic hydroxyl groups is 2. The van der Waals surface area contributed by atoms with Crippen molar-refractivity contribution in [3.8, 4) is 0 Å². The number of hydrogen-bond acceptors (Lipinski definition) is 10. The van der Waals surface area contributed by atoms with Crippen molar-refractivity contribution >= 4 is 17.5 Å². The molecule has 2 aliphatic heterocycles. The Morgan fingerprint density at radius 1 is 1.17 bits per heavy atom. The zero-order chi connectivity index (χ0) is 33.8. The van der Waals surface area contributed by atoms with Crippen molar-refractivity contribution in [1.82, 2.24) is 10.6 Å². The molecular weight excluding hydrogens is 598 g/mol. The fraction of sp³-hybridized carbons (Fsp3) is 0.541. The lowest BCUT2D eigenvalue weighted by molar-refractivity contribution is -0.158. The second-order valence-electron chi connectivity index (χ2n) is 13.1. The van der Waals surface area contributed by atoms with Gasteiger partial charge in [-0.05, 0) is 75.1 Å². The van der Waals surface area contributed by atoms with Crippen LogP contribution >= 0.6 is 0 Å². The number of Topliss-reactive ketones (excluding diaryl/α,β-unsaturated/α-hetero) is 2. The van der Waals surface area contributed by atoms with Crippen LogP contribution in [0.4, 0.5) is 0 Å². The molecule has 6 atom stereocenters. The number of carbonyl (C=O) groups excluding carboxylic acids is 3. The van der Waals surface area contributed by atoms with Crippen LogP contribution in [0, 0.1) is 11.8 Å². The van der Waals surface area contributed by atoms with Gasteiger partial charge in [0.15, 0.2) is 11.4 Å². The van der Waals surface area contributed by atoms with Crippen LogP contribution in [0.25, 0.3) is 0 Å². The van der Waals surface area contributed by atoms with E-state index in [4.69, 9.17) is 15.2 Å². The number of dihydropyridines is 1. The van der Waals surface area contributed by atoms with E-state index in [1.165, 1.54) is 0 Å². The van der Waals surface area contributed by atoms with Gasteiger partial charge in [0.05, 0.1) is 12.4 Å². The number of esters is 1. The van der Waals surface area contributed by atoms with Crippen LogP contribution in [0.15, 0.2) is 71.1 Å². The lowest BCUT2D eigenvalue weighted by atomic mass is 9.71. The minimum absolute atomic E-state index is 0.0575. The molecule has 0 radical (unpaired) electrons. The number of rotatable bonds is 15. The summed E-state index contributed by atoms with van der Waals surface area (Å²) in [5.74, 6) is -1.17. The number of carbonyl (C=O) groups is 3. The van der Waals surface area contributed by atoms with E-state index in [0.717, 1.165) is 30.5 Å². The molecule has 0 spiro atoms. The fourth-order valence-corrected chi connectivity index (χ4v) is 7.44. The molecule has 0 saturated carbocycles. The summed E-state index contributed by atoms with van der Waals surface area (Å²) in [6.07, 6.45) is 11.3. The Morgan fingerprint density at radius 3 is 2.57 bits per heavy atom. The molecule has 1 saturated heterocycles. The Hall–Kier alpha value is -3.57. The third kappa shape index (κ3) is 6.61. The lowest BCUT2D eigenvalue weighted by Gasteiger charge is -2.37. The summed E-state index contributed by atoms with van der Waals surface area (Å²) in [6, 6.07) is 6.39. The van der Waals surface area contributed by atoms with E-state index < -0.39 is 34.8 Å². The second kappa shape index (κ2) is 14.7. The van der Waals surface area contributed by atoms with E-state index in [9.17, 15) is 24.6 Å². The van der Waals surface area contributed by atoms with Gasteiger partial charge in [-0.15, -0.1) is 0 Å². The fourth-order valence-electron chi connectivity index (χ4n) is 7.44. The highest BCUT2D eigenvalue weighted by molar-refractivity contribution is 6.33. The summed E-state index contributed by atoms with van der Waals surface area (Å²) in [7, 11) is 0. The van der Waals surface area contributed by atoms with Crippen LogP contribution in [-0.4, -0.2) is 77.4 Å². The molecule has 1 aromatic rings. The monoisotopic (exact) mass is 647 g/mol. The first kappa shape index (κ1) is 34.8. The number of likely N-dealkylation sites (N-methyl/N-ethyl adjacent to an activating group) is 1. The van der Waals surface area contributed by atoms with Crippen molar-refractivity contribution in [3.63, 3.8) is 0 Å². The molecule has 10 heteroatoms. The number of ether oxygens (including phenoxy) is 2. The van der Waals surface area contributed by atoms with Gasteiger partial charge in [-0.1, -0.05) is 61.9 Å². The molecule has 2 heterocycles. The molecule has 0 aromatic heterocycles. The van der Waals surface area contributed by atoms with Crippen molar-refractivity contribution in [1.29, 1.82) is 0 Å². The molecule has 5 rings (SSSR count). The molecule has 2 aliphatic carbocycles. The number of aliphatic hydroxyl groups excluding tert-OH is 2. The summed E-state index contributed by atoms with van der Waals surface area (Å²) in [4.78, 5) is 42.9. The summed E-state index contributed by atoms with van der Waals surface area (Å²) < 4.78 is 12.5. The maximum absolute atomic E-state index is 14.4. The van der Waals surface area contributed by atoms with E-state index in [0.29, 0.717) is 49.5 Å². The Balaban J connectivity index is 1.48. The van der Waals surface area contributed by atoms with Gasteiger partial charge in [0, 0.05) is 42.7 Å². The maximum atomic E-state index is 14.4. The lowest BCUT2D eigenvalue weighted by Crippen LogP contribution is -2.53. The number of nitrogens with two attached hydrogens (primary N) is 1. The number of hydrogen-bond donors (Lipinski definition) is 5. The van der Waals surface area contributed by atoms with Crippen LogP contribution in [0.3, 0.4) is 0 Å². The molecule has 6 N–H and O–H groups in total. The molecular formula is C37H49N3O7. The number of benzene rings is 1. The zero-order valence-electron chi connectivity index (χ0n) is 27.7. The molecule has 10 nitrogen and oxygen atoms in total. The summed E-state index contributed by atoms with van der Waals surface area (Å²) in [5.41, 5.74) is 4.71. The van der Waals surface area contributed by atoms with Gasteiger partial charge >= 0.3 is 5.97 Å². The first-order chi connectivity index (χ1) is 22.6. The highest BCUT2D eigenvalue weighted by atomic mass is 16.7. The molecule has 0 bridgehead atoms. The average Bonchev–Trinajstić information content (AvgIpc) is 3.79. The van der Waals surface area contributed by atoms with E-state index in [2.05, 4.69) is 29.7 Å². The molecule has 47 heavy (non-hydrogen) atoms. The van der Waals surface area contributed by atoms with Crippen LogP contribution < -0.4 is 16.4 Å². The minimum atomic E-state index is -2.16. The van der Waals surface area contributed by atoms with E-state index >= 15 is 0 Å². The number of nitrogens with one attached hydrogen (secondary N) is 2. The van der Waals surface area contributed by atoms with Gasteiger partial charge in [-0.25, -0.2) is 4.79 Å². The van der Waals surface area contributed by atoms with Gasteiger partial charge in [-0.2, -0.15) is 0 Å². The number of fused-ring (bicyclic) bond motifs is 2. The molecule has 4 aliphatic rings. The largest absolute Gasteiger partial charge is 0.459 e. The molecule has 254 valence electrons. The molecule has 1 aromatic carbocycles. The molecule has 6 unspecified atom stereocenters. The van der Waals surface area contributed by atoms with Gasteiger partial charge in [0.2, 0.25) is 5.78 Å². The van der Waals surface area contributed by atoms with Crippen molar-refractivity contribution in [2.45, 2.75) is 89.1 Å². The standard InChI is InChI=1S/C37H49N3O7/c1-4-24-14-15-30(39-5-2)29(19-24)31(11-8-18-41)46-35(45)37-34(44)28-10-7-6-9-27(28)33(43)36(37,47-37)21-26(22-42)23(3)12-13-25-16-17-40-32(38)20-25/h6-7,9-10,14-16,20,24,29-31,39-42H,4-5,8,11-13,17-19,21-22,38H2,1-3H3. The predicted molar refractivity (Wildman–Crippen MR) is 178 cm³/mol. The van der Waals surface area contributed by atoms with Gasteiger partial charge in [0.1, 0.15) is 6.10 Å². The normalized spacial score (nSPS) is 29.1. The van der Waals surface area contributed by atoms with Crippen molar-refractivity contribution in [2.24, 2.45) is 17.6 Å². The molecule has 0 amide bonds. The SMILES string of the molecule is CCNC1C=CC(CC)CC1C(CCCO)OC(=O)C12OC1(CC(CO)=C(C)CCC1=CCNC(N)=C1)C(=O)c1ccccc1C2=O.